The second-order valence-corrected chi connectivity index (χ2v) is 9.34. The monoisotopic (exact) mass is 365 g/mol. The maximum Gasteiger partial charge on any atom is 0.262 e. The van der Waals surface area contributed by atoms with Crippen LogP contribution >= 0.6 is 11.8 Å². The number of thioether (sulfide) groups is 1. The Bertz CT molecular complexity index is 811. The summed E-state index contributed by atoms with van der Waals surface area (Å²) in [5.41, 5.74) is 2.59. The highest BCUT2D eigenvalue weighted by molar-refractivity contribution is 7.99. The molecule has 7 heteroatoms. The number of hydrogen-bond acceptors (Lipinski definition) is 4. The molecule has 0 amide bonds. The summed E-state index contributed by atoms with van der Waals surface area (Å²) in [6, 6.07) is 8.37. The van der Waals surface area contributed by atoms with Gasteiger partial charge in [-0.2, -0.15) is 16.1 Å². The lowest BCUT2D eigenvalue weighted by Gasteiger charge is -2.19. The van der Waals surface area contributed by atoms with Crippen LogP contribution in [0.2, 0.25) is 0 Å². The van der Waals surface area contributed by atoms with Gasteiger partial charge in [0.2, 0.25) is 0 Å². The second kappa shape index (κ2) is 6.90. The zero-order valence-electron chi connectivity index (χ0n) is 14.3. The van der Waals surface area contributed by atoms with E-state index in [1.165, 1.54) is 11.1 Å². The van der Waals surface area contributed by atoms with E-state index in [1.54, 1.807) is 15.1 Å². The molecule has 3 rings (SSSR count). The first-order valence-corrected chi connectivity index (χ1v) is 10.6. The summed E-state index contributed by atoms with van der Waals surface area (Å²) < 4.78 is 29.0. The largest absolute Gasteiger partial charge is 0.337 e. The molecule has 2 aromatic rings. The second-order valence-electron chi connectivity index (χ2n) is 6.15. The Hall–Kier alpha value is -1.31. The number of rotatable bonds is 3. The van der Waals surface area contributed by atoms with E-state index in [-0.39, 0.29) is 5.03 Å². The molecular weight excluding hydrogens is 342 g/mol. The quantitative estimate of drug-likeness (QED) is 0.839. The molecule has 0 bridgehead atoms. The van der Waals surface area contributed by atoms with Gasteiger partial charge in [0.25, 0.3) is 10.0 Å². The lowest BCUT2D eigenvalue weighted by atomic mass is 10.0. The van der Waals surface area contributed by atoms with Crippen LogP contribution in [0.25, 0.3) is 0 Å². The van der Waals surface area contributed by atoms with Crippen molar-refractivity contribution in [1.29, 1.82) is 0 Å². The van der Waals surface area contributed by atoms with Gasteiger partial charge in [-0.3, -0.25) is 0 Å². The number of aryl methyl sites for hydroxylation is 3. The molecule has 1 fully saturated rings. The van der Waals surface area contributed by atoms with Crippen molar-refractivity contribution < 1.29 is 8.42 Å². The third kappa shape index (κ3) is 3.38. The summed E-state index contributed by atoms with van der Waals surface area (Å²) in [5.74, 6) is 1.50. The number of nitrogens with zero attached hydrogens (tertiary/aromatic N) is 3. The number of benzene rings is 1. The third-order valence-corrected chi connectivity index (χ3v) is 7.61. The van der Waals surface area contributed by atoms with Gasteiger partial charge >= 0.3 is 0 Å². The zero-order chi connectivity index (χ0) is 17.3. The highest BCUT2D eigenvalue weighted by Crippen LogP contribution is 2.36. The summed E-state index contributed by atoms with van der Waals surface area (Å²) in [5, 5.41) is 0.499. The smallest absolute Gasteiger partial charge is 0.262 e. The van der Waals surface area contributed by atoms with E-state index in [0.717, 1.165) is 12.2 Å². The molecule has 24 heavy (non-hydrogen) atoms. The Balaban J connectivity index is 1.79. The maximum absolute atomic E-state index is 12.9. The van der Waals surface area contributed by atoms with E-state index in [1.807, 2.05) is 31.8 Å². The van der Waals surface area contributed by atoms with E-state index < -0.39 is 10.0 Å². The van der Waals surface area contributed by atoms with Crippen LogP contribution in [0.3, 0.4) is 0 Å². The summed E-state index contributed by atoms with van der Waals surface area (Å²) in [6.45, 7) is 4.99. The van der Waals surface area contributed by atoms with Crippen molar-refractivity contribution in [2.45, 2.75) is 30.5 Å². The minimum absolute atomic E-state index is 0.154. The number of aromatic nitrogens is 2. The minimum atomic E-state index is -3.51. The molecule has 2 heterocycles. The van der Waals surface area contributed by atoms with Crippen molar-refractivity contribution in [3.05, 3.63) is 47.4 Å². The predicted molar refractivity (Wildman–Crippen MR) is 97.7 cm³/mol. The van der Waals surface area contributed by atoms with Gasteiger partial charge in [-0.05, 0) is 31.4 Å². The van der Waals surface area contributed by atoms with Crippen LogP contribution in [0.15, 0.2) is 35.5 Å². The molecule has 0 unspecified atom stereocenters. The van der Waals surface area contributed by atoms with Crippen molar-refractivity contribution in [3.8, 4) is 0 Å². The molecule has 0 spiro atoms. The van der Waals surface area contributed by atoms with Gasteiger partial charge in [-0.1, -0.05) is 24.3 Å². The molecule has 130 valence electrons. The molecule has 1 saturated heterocycles. The third-order valence-electron chi connectivity index (χ3n) is 4.53. The molecule has 1 aliphatic rings. The molecule has 5 nitrogen and oxygen atoms in total. The number of sulfonamides is 1. The van der Waals surface area contributed by atoms with E-state index >= 15 is 0 Å². The first-order chi connectivity index (χ1) is 11.4. The standard InChI is InChI=1S/C17H23N3O2S2/c1-13-6-4-5-7-15(13)16-8-9-20(10-11-23-16)24(21,22)17-12-19(3)14(2)18-17/h4-7,12,16H,8-11H2,1-3H3/t16-/m0/s1. The number of imidazole rings is 1. The van der Waals surface area contributed by atoms with E-state index in [4.69, 9.17) is 0 Å². The molecular formula is C17H23N3O2S2. The highest BCUT2D eigenvalue weighted by Gasteiger charge is 2.30. The van der Waals surface area contributed by atoms with Crippen LogP contribution < -0.4 is 0 Å². The van der Waals surface area contributed by atoms with E-state index in [2.05, 4.69) is 30.1 Å². The molecule has 0 saturated carbocycles. The summed E-state index contributed by atoms with van der Waals surface area (Å²) in [4.78, 5) is 4.21. The first-order valence-electron chi connectivity index (χ1n) is 8.07. The fourth-order valence-electron chi connectivity index (χ4n) is 2.97. The SMILES string of the molecule is Cc1ccccc1[C@@H]1CCN(S(=O)(=O)c2cn(C)c(C)n2)CCS1. The van der Waals surface area contributed by atoms with Crippen LogP contribution in [0.5, 0.6) is 0 Å². The van der Waals surface area contributed by atoms with Crippen LogP contribution in [-0.2, 0) is 17.1 Å². The van der Waals surface area contributed by atoms with Crippen LogP contribution in [-0.4, -0.2) is 41.1 Å². The van der Waals surface area contributed by atoms with Crippen LogP contribution in [0.4, 0.5) is 0 Å². The van der Waals surface area contributed by atoms with Gasteiger partial charge in [0.05, 0.1) is 0 Å². The van der Waals surface area contributed by atoms with Crippen molar-refractivity contribution in [3.63, 3.8) is 0 Å². The van der Waals surface area contributed by atoms with Crippen molar-refractivity contribution in [2.24, 2.45) is 7.05 Å². The van der Waals surface area contributed by atoms with Gasteiger partial charge < -0.3 is 4.57 Å². The zero-order valence-corrected chi connectivity index (χ0v) is 15.9. The first kappa shape index (κ1) is 17.5. The van der Waals surface area contributed by atoms with Gasteiger partial charge in [-0.15, -0.1) is 0 Å². The average molecular weight is 366 g/mol. The van der Waals surface area contributed by atoms with Crippen molar-refractivity contribution in [1.82, 2.24) is 13.9 Å². The fourth-order valence-corrected chi connectivity index (χ4v) is 5.89. The summed E-state index contributed by atoms with van der Waals surface area (Å²) in [6.07, 6.45) is 2.42. The Morgan fingerprint density at radius 2 is 1.96 bits per heavy atom. The maximum atomic E-state index is 12.9. The molecule has 0 aliphatic carbocycles. The molecule has 0 radical (unpaired) electrons. The topological polar surface area (TPSA) is 55.2 Å². The highest BCUT2D eigenvalue weighted by atomic mass is 32.2. The minimum Gasteiger partial charge on any atom is -0.337 e. The average Bonchev–Trinajstić information content (AvgIpc) is 2.77. The Labute approximate surface area is 148 Å². The van der Waals surface area contributed by atoms with Gasteiger partial charge in [-0.25, -0.2) is 13.4 Å². The Morgan fingerprint density at radius 1 is 1.21 bits per heavy atom. The normalized spacial score (nSPS) is 20.0. The van der Waals surface area contributed by atoms with Gasteiger partial charge in [0.15, 0.2) is 5.03 Å². The van der Waals surface area contributed by atoms with Crippen molar-refractivity contribution >= 4 is 21.8 Å². The van der Waals surface area contributed by atoms with E-state index in [0.29, 0.717) is 24.2 Å². The number of hydrogen-bond donors (Lipinski definition) is 0. The van der Waals surface area contributed by atoms with Crippen LogP contribution in [0, 0.1) is 13.8 Å². The molecule has 0 N–H and O–H groups in total. The van der Waals surface area contributed by atoms with Crippen molar-refractivity contribution in [2.75, 3.05) is 18.8 Å². The summed E-state index contributed by atoms with van der Waals surface area (Å²) in [7, 11) is -1.70. The predicted octanol–water partition coefficient (Wildman–Crippen LogP) is 2.91. The molecule has 1 atom stereocenters. The molecule has 1 aromatic carbocycles. The Kier molecular flexibility index (Phi) is 5.03. The van der Waals surface area contributed by atoms with Crippen LogP contribution in [0.1, 0.15) is 28.6 Å². The van der Waals surface area contributed by atoms with E-state index in [9.17, 15) is 8.42 Å². The molecule has 1 aliphatic heterocycles. The van der Waals surface area contributed by atoms with Gasteiger partial charge in [0.1, 0.15) is 5.82 Å². The summed E-state index contributed by atoms with van der Waals surface area (Å²) >= 11 is 1.84. The lowest BCUT2D eigenvalue weighted by molar-refractivity contribution is 0.426. The lowest BCUT2D eigenvalue weighted by Crippen LogP contribution is -2.33. The molecule has 1 aromatic heterocycles. The Morgan fingerprint density at radius 3 is 2.62 bits per heavy atom. The fraction of sp³-hybridized carbons (Fsp3) is 0.471. The van der Waals surface area contributed by atoms with Gasteiger partial charge in [0, 0.05) is 37.3 Å².